The number of hydrogen-bond donors (Lipinski definition) is 0. The molecule has 0 unspecified atom stereocenters. The molecule has 0 aliphatic carbocycles. The number of esters is 1. The molecule has 0 spiro atoms. The van der Waals surface area contributed by atoms with E-state index in [0.29, 0.717) is 12.3 Å². The zero-order valence-electron chi connectivity index (χ0n) is 16.2. The molecule has 142 valence electrons. The summed E-state index contributed by atoms with van der Waals surface area (Å²) in [7, 11) is 2.00. The fraction of sp³-hybridized carbons (Fsp3) is 0.125. The summed E-state index contributed by atoms with van der Waals surface area (Å²) in [5, 5.41) is 3.13. The van der Waals surface area contributed by atoms with Crippen molar-refractivity contribution in [3.8, 4) is 11.4 Å². The Morgan fingerprint density at radius 2 is 1.76 bits per heavy atom. The van der Waals surface area contributed by atoms with Gasteiger partial charge in [-0.05, 0) is 31.2 Å². The molecular weight excluding hydrogens is 362 g/mol. The van der Waals surface area contributed by atoms with E-state index in [1.54, 1.807) is 13.0 Å². The Kier molecular flexibility index (Phi) is 4.02. The monoisotopic (exact) mass is 381 g/mol. The van der Waals surface area contributed by atoms with Crippen LogP contribution < -0.4 is 0 Å². The van der Waals surface area contributed by atoms with Gasteiger partial charge in [0.1, 0.15) is 0 Å². The third-order valence-electron chi connectivity index (χ3n) is 5.22. The van der Waals surface area contributed by atoms with Gasteiger partial charge in [0, 0.05) is 28.7 Å². The van der Waals surface area contributed by atoms with Gasteiger partial charge >= 0.3 is 5.97 Å². The maximum absolute atomic E-state index is 12.5. The molecule has 5 aromatic rings. The van der Waals surface area contributed by atoms with Gasteiger partial charge < -0.3 is 9.30 Å². The van der Waals surface area contributed by atoms with Gasteiger partial charge in [-0.3, -0.25) is 0 Å². The number of ether oxygens (including phenoxy) is 1. The number of benzene rings is 2. The highest BCUT2D eigenvalue weighted by atomic mass is 16.5. The summed E-state index contributed by atoms with van der Waals surface area (Å²) in [6.45, 7) is 2.09. The molecule has 3 aromatic heterocycles. The van der Waals surface area contributed by atoms with Crippen molar-refractivity contribution in [3.05, 3.63) is 72.4 Å². The Balaban J connectivity index is 1.88. The molecule has 5 nitrogen and oxygen atoms in total. The van der Waals surface area contributed by atoms with Gasteiger partial charge in [-0.1, -0.05) is 42.5 Å². The molecule has 2 aromatic carbocycles. The second-order valence-corrected chi connectivity index (χ2v) is 6.94. The molecule has 0 aliphatic rings. The van der Waals surface area contributed by atoms with Crippen LogP contribution in [0, 0.1) is 0 Å². The van der Waals surface area contributed by atoms with Crippen molar-refractivity contribution < 1.29 is 9.53 Å². The molecule has 5 heteroatoms. The fourth-order valence-corrected chi connectivity index (χ4v) is 3.86. The maximum atomic E-state index is 12.5. The van der Waals surface area contributed by atoms with Crippen LogP contribution in [0.15, 0.2) is 66.7 Å². The van der Waals surface area contributed by atoms with E-state index in [0.717, 1.165) is 38.4 Å². The van der Waals surface area contributed by atoms with Crippen molar-refractivity contribution in [1.82, 2.24) is 14.5 Å². The number of fused-ring (bicyclic) bond motifs is 4. The number of hydrogen-bond acceptors (Lipinski definition) is 4. The van der Waals surface area contributed by atoms with Crippen molar-refractivity contribution in [2.45, 2.75) is 6.92 Å². The highest BCUT2D eigenvalue weighted by Crippen LogP contribution is 2.35. The molecule has 5 rings (SSSR count). The van der Waals surface area contributed by atoms with E-state index in [4.69, 9.17) is 14.7 Å². The summed E-state index contributed by atoms with van der Waals surface area (Å²) in [4.78, 5) is 22.0. The zero-order valence-corrected chi connectivity index (χ0v) is 16.2. The number of aryl methyl sites for hydroxylation is 1. The Hall–Kier alpha value is -3.73. The number of aromatic nitrogens is 3. The molecule has 0 atom stereocenters. The topological polar surface area (TPSA) is 57.0 Å². The molecule has 0 aliphatic heterocycles. The number of nitrogens with zero attached hydrogens (tertiary/aromatic N) is 3. The van der Waals surface area contributed by atoms with Gasteiger partial charge in [0.2, 0.25) is 0 Å². The minimum atomic E-state index is -0.429. The first-order valence-electron chi connectivity index (χ1n) is 9.59. The van der Waals surface area contributed by atoms with Gasteiger partial charge in [0.25, 0.3) is 0 Å². The molecule has 0 N–H and O–H groups in total. The predicted octanol–water partition coefficient (Wildman–Crippen LogP) is 5.12. The second-order valence-electron chi connectivity index (χ2n) is 6.94. The lowest BCUT2D eigenvalue weighted by molar-refractivity contribution is 0.0520. The lowest BCUT2D eigenvalue weighted by atomic mass is 10.1. The number of pyridine rings is 2. The van der Waals surface area contributed by atoms with Gasteiger partial charge in [0.15, 0.2) is 5.69 Å². The van der Waals surface area contributed by atoms with Crippen LogP contribution >= 0.6 is 0 Å². The van der Waals surface area contributed by atoms with Crippen LogP contribution in [0.3, 0.4) is 0 Å². The van der Waals surface area contributed by atoms with Gasteiger partial charge in [-0.25, -0.2) is 14.8 Å². The standard InChI is InChI=1S/C24H19N3O2/c1-3-29-24(28)19-14-21-22(16-9-5-7-11-20(16)27(21)2)23(26-19)18-13-12-15-8-4-6-10-17(15)25-18/h4-14H,3H2,1-2H3. The first-order valence-corrected chi connectivity index (χ1v) is 9.59. The van der Waals surface area contributed by atoms with Crippen LogP contribution in [0.1, 0.15) is 17.4 Å². The van der Waals surface area contributed by atoms with Crippen LogP contribution in [0.2, 0.25) is 0 Å². The lowest BCUT2D eigenvalue weighted by Crippen LogP contribution is -2.08. The third-order valence-corrected chi connectivity index (χ3v) is 5.22. The molecule has 3 heterocycles. The molecule has 0 amide bonds. The summed E-state index contributed by atoms with van der Waals surface area (Å²) < 4.78 is 7.30. The van der Waals surface area contributed by atoms with Crippen LogP contribution in [0.25, 0.3) is 44.1 Å². The predicted molar refractivity (Wildman–Crippen MR) is 115 cm³/mol. The van der Waals surface area contributed by atoms with E-state index in [9.17, 15) is 4.79 Å². The summed E-state index contributed by atoms with van der Waals surface area (Å²) in [5.74, 6) is -0.429. The average molecular weight is 381 g/mol. The van der Waals surface area contributed by atoms with Crippen molar-refractivity contribution in [1.29, 1.82) is 0 Å². The molecule has 0 radical (unpaired) electrons. The minimum Gasteiger partial charge on any atom is -0.461 e. The molecule has 0 bridgehead atoms. The van der Waals surface area contributed by atoms with Gasteiger partial charge in [0.05, 0.1) is 29.0 Å². The first-order chi connectivity index (χ1) is 14.2. The van der Waals surface area contributed by atoms with E-state index in [2.05, 4.69) is 16.7 Å². The Morgan fingerprint density at radius 3 is 2.62 bits per heavy atom. The smallest absolute Gasteiger partial charge is 0.357 e. The van der Waals surface area contributed by atoms with Crippen molar-refractivity contribution in [2.24, 2.45) is 7.05 Å². The van der Waals surface area contributed by atoms with Gasteiger partial charge in [-0.15, -0.1) is 0 Å². The van der Waals surface area contributed by atoms with Crippen LogP contribution in [0.4, 0.5) is 0 Å². The van der Waals surface area contributed by atoms with E-state index in [1.807, 2.05) is 55.6 Å². The normalized spacial score (nSPS) is 11.4. The molecular formula is C24H19N3O2. The van der Waals surface area contributed by atoms with Crippen molar-refractivity contribution >= 4 is 38.7 Å². The Morgan fingerprint density at radius 1 is 0.966 bits per heavy atom. The SMILES string of the molecule is CCOC(=O)c1cc2c(c(-c3ccc4ccccc4n3)n1)c1ccccc1n2C. The number of carbonyl (C=O) groups is 1. The summed E-state index contributed by atoms with van der Waals surface area (Å²) in [5.41, 5.74) is 4.60. The highest BCUT2D eigenvalue weighted by molar-refractivity contribution is 6.14. The number of para-hydroxylation sites is 2. The molecule has 0 saturated carbocycles. The van der Waals surface area contributed by atoms with Crippen molar-refractivity contribution in [2.75, 3.05) is 6.61 Å². The first kappa shape index (κ1) is 17.4. The highest BCUT2D eigenvalue weighted by Gasteiger charge is 2.20. The maximum Gasteiger partial charge on any atom is 0.357 e. The summed E-state index contributed by atoms with van der Waals surface area (Å²) >= 11 is 0. The molecule has 0 saturated heterocycles. The van der Waals surface area contributed by atoms with E-state index in [-0.39, 0.29) is 5.69 Å². The van der Waals surface area contributed by atoms with E-state index < -0.39 is 5.97 Å². The summed E-state index contributed by atoms with van der Waals surface area (Å²) in [6, 6.07) is 21.9. The largest absolute Gasteiger partial charge is 0.461 e. The lowest BCUT2D eigenvalue weighted by Gasteiger charge is -2.09. The third kappa shape index (κ3) is 2.74. The minimum absolute atomic E-state index is 0.287. The van der Waals surface area contributed by atoms with Crippen molar-refractivity contribution in [3.63, 3.8) is 0 Å². The van der Waals surface area contributed by atoms with Crippen LogP contribution in [-0.4, -0.2) is 27.1 Å². The summed E-state index contributed by atoms with van der Waals surface area (Å²) in [6.07, 6.45) is 0. The van der Waals surface area contributed by atoms with Crippen LogP contribution in [-0.2, 0) is 11.8 Å². The number of carbonyl (C=O) groups excluding carboxylic acids is 1. The molecule has 29 heavy (non-hydrogen) atoms. The fourth-order valence-electron chi connectivity index (χ4n) is 3.86. The Bertz CT molecular complexity index is 1400. The van der Waals surface area contributed by atoms with E-state index in [1.165, 1.54) is 0 Å². The Labute approximate surface area is 167 Å². The van der Waals surface area contributed by atoms with E-state index >= 15 is 0 Å². The average Bonchev–Trinajstić information content (AvgIpc) is 3.05. The quantitative estimate of drug-likeness (QED) is 0.407. The van der Waals surface area contributed by atoms with Crippen LogP contribution in [0.5, 0.6) is 0 Å². The second kappa shape index (κ2) is 6.71. The number of rotatable bonds is 3. The molecule has 0 fully saturated rings. The van der Waals surface area contributed by atoms with Gasteiger partial charge in [-0.2, -0.15) is 0 Å². The zero-order chi connectivity index (χ0) is 20.0.